The van der Waals surface area contributed by atoms with Gasteiger partial charge in [-0.1, -0.05) is 58.5 Å². The predicted molar refractivity (Wildman–Crippen MR) is 180 cm³/mol. The van der Waals surface area contributed by atoms with Gasteiger partial charge in [0, 0.05) is 42.8 Å². The molecular weight excluding hydrogens is 656 g/mol. The fraction of sp³-hybridized carbons (Fsp3) is 0.0345. The highest BCUT2D eigenvalue weighted by molar-refractivity contribution is 7.81. The fourth-order valence-electron chi connectivity index (χ4n) is 4.33. The molecule has 0 radical (unpaired) electrons. The number of anilines is 4. The maximum atomic E-state index is 13.0. The summed E-state index contributed by atoms with van der Waals surface area (Å²) in [6.07, 6.45) is 0. The van der Waals surface area contributed by atoms with Crippen LogP contribution >= 0.6 is 70.8 Å². The van der Waals surface area contributed by atoms with E-state index in [0.717, 1.165) is 0 Å². The normalized spacial score (nSPS) is 12.1. The molecule has 7 nitrogen and oxygen atoms in total. The van der Waals surface area contributed by atoms with E-state index in [4.69, 9.17) is 70.8 Å². The Morgan fingerprint density at radius 2 is 0.929 bits per heavy atom. The van der Waals surface area contributed by atoms with Crippen LogP contribution in [0.5, 0.6) is 0 Å². The Balaban J connectivity index is 1.39. The highest BCUT2D eigenvalue weighted by Gasteiger charge is 2.35. The standard InChI is InChI=1S/C29H19Cl4N5O2S2/c30-16-7-17(31)10-22(9-16)36-28(41)34-20-5-15(14-38-26(39)24-3-1-2-4-25(24)27(38)40)6-21(13-20)35-29(42)37-23-11-18(32)8-19(33)12-23/h1-13H,14H2,(H2,34,36,41)(H2,35,37,42). The third kappa shape index (κ3) is 7.30. The molecule has 0 aromatic heterocycles. The zero-order chi connectivity index (χ0) is 30.0. The molecule has 0 unspecified atom stereocenters. The molecule has 0 saturated heterocycles. The molecule has 0 fully saturated rings. The SMILES string of the molecule is O=C1c2ccccc2C(=O)N1Cc1cc(NC(=S)Nc2cc(Cl)cc(Cl)c2)cc(NC(=S)Nc2cc(Cl)cc(Cl)c2)c1. The molecule has 4 N–H and O–H groups in total. The van der Waals surface area contributed by atoms with Crippen LogP contribution in [0.4, 0.5) is 22.7 Å². The van der Waals surface area contributed by atoms with Crippen molar-refractivity contribution < 1.29 is 9.59 Å². The van der Waals surface area contributed by atoms with Gasteiger partial charge in [0.2, 0.25) is 0 Å². The van der Waals surface area contributed by atoms with Gasteiger partial charge in [0.15, 0.2) is 10.2 Å². The lowest BCUT2D eigenvalue weighted by molar-refractivity contribution is 0.0642. The van der Waals surface area contributed by atoms with Crippen LogP contribution in [0, 0.1) is 0 Å². The minimum Gasteiger partial charge on any atom is -0.332 e. The summed E-state index contributed by atoms with van der Waals surface area (Å²) < 4.78 is 0. The van der Waals surface area contributed by atoms with E-state index < -0.39 is 0 Å². The van der Waals surface area contributed by atoms with Gasteiger partial charge in [0.05, 0.1) is 17.7 Å². The van der Waals surface area contributed by atoms with Crippen LogP contribution in [-0.4, -0.2) is 26.9 Å². The summed E-state index contributed by atoms with van der Waals surface area (Å²) in [5.74, 6) is -0.734. The quantitative estimate of drug-likeness (QED) is 0.119. The number of hydrogen-bond donors (Lipinski definition) is 4. The zero-order valence-electron chi connectivity index (χ0n) is 21.3. The minimum atomic E-state index is -0.367. The molecule has 1 heterocycles. The second-order valence-corrected chi connectivity index (χ2v) is 11.7. The van der Waals surface area contributed by atoms with Gasteiger partial charge in [-0.15, -0.1) is 0 Å². The van der Waals surface area contributed by atoms with Gasteiger partial charge in [-0.05, 0) is 96.7 Å². The van der Waals surface area contributed by atoms with E-state index in [-0.39, 0.29) is 28.6 Å². The number of nitrogens with zero attached hydrogens (tertiary/aromatic N) is 1. The van der Waals surface area contributed by atoms with Gasteiger partial charge in [-0.2, -0.15) is 0 Å². The maximum Gasteiger partial charge on any atom is 0.261 e. The molecule has 1 aliphatic heterocycles. The Bertz CT molecular complexity index is 1610. The molecule has 0 spiro atoms. The molecule has 4 aromatic carbocycles. The molecule has 0 saturated carbocycles. The molecular formula is C29H19Cl4N5O2S2. The molecule has 212 valence electrons. The summed E-state index contributed by atoms with van der Waals surface area (Å²) in [4.78, 5) is 27.2. The molecule has 0 atom stereocenters. The first kappa shape index (κ1) is 30.0. The van der Waals surface area contributed by atoms with Gasteiger partial charge in [0.1, 0.15) is 0 Å². The Labute approximate surface area is 272 Å². The summed E-state index contributed by atoms with van der Waals surface area (Å²) >= 11 is 35.4. The summed E-state index contributed by atoms with van der Waals surface area (Å²) in [6.45, 7) is 0.0186. The molecule has 4 aromatic rings. The van der Waals surface area contributed by atoms with Crippen molar-refractivity contribution in [2.45, 2.75) is 6.54 Å². The Hall–Kier alpha value is -3.44. The number of hydrogen-bond acceptors (Lipinski definition) is 4. The Morgan fingerprint density at radius 3 is 1.31 bits per heavy atom. The highest BCUT2D eigenvalue weighted by atomic mass is 35.5. The molecule has 2 amide bonds. The third-order valence-corrected chi connectivity index (χ3v) is 7.25. The van der Waals surface area contributed by atoms with Crippen molar-refractivity contribution in [1.82, 2.24) is 4.90 Å². The Morgan fingerprint density at radius 1 is 0.571 bits per heavy atom. The first-order chi connectivity index (χ1) is 20.0. The average Bonchev–Trinajstić information content (AvgIpc) is 3.12. The summed E-state index contributed by atoms with van der Waals surface area (Å²) in [7, 11) is 0. The number of thiocarbonyl (C=S) groups is 2. The van der Waals surface area contributed by atoms with Crippen molar-refractivity contribution in [2.24, 2.45) is 0 Å². The van der Waals surface area contributed by atoms with Gasteiger partial charge in [-0.3, -0.25) is 14.5 Å². The smallest absolute Gasteiger partial charge is 0.261 e. The monoisotopic (exact) mass is 673 g/mol. The number of carbonyl (C=O) groups is 2. The van der Waals surface area contributed by atoms with Crippen molar-refractivity contribution in [3.8, 4) is 0 Å². The van der Waals surface area contributed by atoms with E-state index in [1.54, 1.807) is 78.9 Å². The van der Waals surface area contributed by atoms with Gasteiger partial charge in [0.25, 0.3) is 11.8 Å². The van der Waals surface area contributed by atoms with Crippen LogP contribution in [-0.2, 0) is 6.54 Å². The number of imide groups is 1. The van der Waals surface area contributed by atoms with Crippen LogP contribution < -0.4 is 21.3 Å². The number of benzene rings is 4. The second-order valence-electron chi connectivity index (χ2n) is 9.14. The molecule has 13 heteroatoms. The summed E-state index contributed by atoms with van der Waals surface area (Å²) in [5, 5.41) is 14.6. The lowest BCUT2D eigenvalue weighted by Gasteiger charge is -2.18. The van der Waals surface area contributed by atoms with Crippen molar-refractivity contribution in [3.05, 3.63) is 116 Å². The maximum absolute atomic E-state index is 13.0. The van der Waals surface area contributed by atoms with E-state index in [0.29, 0.717) is 59.5 Å². The molecule has 5 rings (SSSR count). The minimum absolute atomic E-state index is 0.0186. The number of amides is 2. The number of carbonyl (C=O) groups excluding carboxylic acids is 2. The van der Waals surface area contributed by atoms with Crippen LogP contribution in [0.25, 0.3) is 0 Å². The summed E-state index contributed by atoms with van der Waals surface area (Å²) in [5.41, 5.74) is 3.68. The van der Waals surface area contributed by atoms with E-state index in [1.165, 1.54) is 4.90 Å². The second kappa shape index (κ2) is 12.8. The average molecular weight is 675 g/mol. The number of rotatable bonds is 6. The van der Waals surface area contributed by atoms with Gasteiger partial charge < -0.3 is 21.3 Å². The molecule has 1 aliphatic rings. The fourth-order valence-corrected chi connectivity index (χ4v) is 5.86. The first-order valence-electron chi connectivity index (χ1n) is 12.2. The molecule has 0 bridgehead atoms. The number of nitrogens with one attached hydrogen (secondary N) is 4. The van der Waals surface area contributed by atoms with Crippen LogP contribution in [0.2, 0.25) is 20.1 Å². The van der Waals surface area contributed by atoms with Crippen LogP contribution in [0.3, 0.4) is 0 Å². The lowest BCUT2D eigenvalue weighted by atomic mass is 10.1. The summed E-state index contributed by atoms with van der Waals surface area (Å²) in [6, 6.07) is 22.0. The number of fused-ring (bicyclic) bond motifs is 1. The zero-order valence-corrected chi connectivity index (χ0v) is 26.0. The predicted octanol–water partition coefficient (Wildman–Crippen LogP) is 8.71. The van der Waals surface area contributed by atoms with Crippen molar-refractivity contribution in [3.63, 3.8) is 0 Å². The Kier molecular flexibility index (Phi) is 9.17. The van der Waals surface area contributed by atoms with E-state index in [9.17, 15) is 9.59 Å². The van der Waals surface area contributed by atoms with Crippen molar-refractivity contribution in [2.75, 3.05) is 21.3 Å². The van der Waals surface area contributed by atoms with Gasteiger partial charge >= 0.3 is 0 Å². The topological polar surface area (TPSA) is 85.5 Å². The van der Waals surface area contributed by atoms with Crippen molar-refractivity contribution >= 4 is 116 Å². The number of halogens is 4. The first-order valence-corrected chi connectivity index (χ1v) is 14.5. The molecule has 42 heavy (non-hydrogen) atoms. The van der Waals surface area contributed by atoms with Crippen molar-refractivity contribution in [1.29, 1.82) is 0 Å². The van der Waals surface area contributed by atoms with Crippen LogP contribution in [0.15, 0.2) is 78.9 Å². The third-order valence-electron chi connectivity index (χ3n) is 5.97. The van der Waals surface area contributed by atoms with Gasteiger partial charge in [-0.25, -0.2) is 0 Å². The highest BCUT2D eigenvalue weighted by Crippen LogP contribution is 2.28. The van der Waals surface area contributed by atoms with E-state index in [1.807, 2.05) is 0 Å². The van der Waals surface area contributed by atoms with E-state index >= 15 is 0 Å². The lowest BCUT2D eigenvalue weighted by Crippen LogP contribution is -2.29. The largest absolute Gasteiger partial charge is 0.332 e. The van der Waals surface area contributed by atoms with E-state index in [2.05, 4.69) is 21.3 Å². The molecule has 0 aliphatic carbocycles. The van der Waals surface area contributed by atoms with Crippen LogP contribution in [0.1, 0.15) is 26.3 Å².